The number of aliphatic hydroxyl groups is 1. The SMILES string of the molecule is C[C@H](CO)N1C[C@H](C)[C@H](CN(C)C(=O)Nc2cccc3ccccc23)OCCCC[C@H](C)Oc2ccc(NC(=O)CCC(F)(F)F)cc2C1=O. The van der Waals surface area contributed by atoms with E-state index in [-0.39, 0.29) is 54.7 Å². The minimum Gasteiger partial charge on any atom is -0.490 e. The largest absolute Gasteiger partial charge is 0.490 e. The molecule has 0 aromatic heterocycles. The van der Waals surface area contributed by atoms with E-state index in [0.29, 0.717) is 18.7 Å². The van der Waals surface area contributed by atoms with Gasteiger partial charge in [-0.3, -0.25) is 9.59 Å². The van der Waals surface area contributed by atoms with Crippen LogP contribution in [-0.4, -0.2) is 90.5 Å². The molecule has 3 N–H and O–H groups in total. The quantitative estimate of drug-likeness (QED) is 0.231. The summed E-state index contributed by atoms with van der Waals surface area (Å²) in [5.74, 6) is -1.39. The molecule has 3 aromatic carbocycles. The second-order valence-corrected chi connectivity index (χ2v) is 13.0. The van der Waals surface area contributed by atoms with Crippen LogP contribution in [0.3, 0.4) is 0 Å². The van der Waals surface area contributed by atoms with Crippen molar-refractivity contribution in [1.29, 1.82) is 0 Å². The van der Waals surface area contributed by atoms with E-state index in [4.69, 9.17) is 9.47 Å². The van der Waals surface area contributed by atoms with Crippen molar-refractivity contribution in [2.45, 2.75) is 77.3 Å². The van der Waals surface area contributed by atoms with Gasteiger partial charge in [0, 0.05) is 50.2 Å². The van der Waals surface area contributed by atoms with Gasteiger partial charge in [-0.05, 0) is 62.8 Å². The third kappa shape index (κ3) is 10.8. The fraction of sp³-hybridized carbons (Fsp3) is 0.486. The number of halogens is 3. The second-order valence-electron chi connectivity index (χ2n) is 13.0. The summed E-state index contributed by atoms with van der Waals surface area (Å²) >= 11 is 0. The zero-order valence-corrected chi connectivity index (χ0v) is 29.0. The fourth-order valence-corrected chi connectivity index (χ4v) is 5.84. The van der Waals surface area contributed by atoms with E-state index in [1.54, 1.807) is 18.9 Å². The molecule has 0 bridgehead atoms. The first-order valence-electron chi connectivity index (χ1n) is 17.0. The van der Waals surface area contributed by atoms with Crippen molar-refractivity contribution in [2.75, 3.05) is 44.0 Å². The van der Waals surface area contributed by atoms with Gasteiger partial charge in [-0.15, -0.1) is 0 Å². The number of aliphatic hydroxyl groups excluding tert-OH is 1. The van der Waals surface area contributed by atoms with E-state index in [1.807, 2.05) is 56.3 Å². The highest BCUT2D eigenvalue weighted by atomic mass is 19.4. The van der Waals surface area contributed by atoms with Crippen LogP contribution in [0.25, 0.3) is 10.8 Å². The number of nitrogens with one attached hydrogen (secondary N) is 2. The number of fused-ring (bicyclic) bond motifs is 2. The fourth-order valence-electron chi connectivity index (χ4n) is 5.84. The van der Waals surface area contributed by atoms with E-state index in [2.05, 4.69) is 10.6 Å². The Labute approximate surface area is 290 Å². The smallest absolute Gasteiger partial charge is 0.389 e. The van der Waals surface area contributed by atoms with Gasteiger partial charge >= 0.3 is 12.2 Å². The molecule has 4 atom stereocenters. The molecule has 0 unspecified atom stereocenters. The lowest BCUT2D eigenvalue weighted by atomic mass is 10.0. The summed E-state index contributed by atoms with van der Waals surface area (Å²) in [6.07, 6.45) is -5.14. The van der Waals surface area contributed by atoms with E-state index in [1.165, 1.54) is 23.1 Å². The number of ether oxygens (including phenoxy) is 2. The molecule has 0 spiro atoms. The Morgan fingerprint density at radius 3 is 2.54 bits per heavy atom. The number of hydrogen-bond donors (Lipinski definition) is 3. The van der Waals surface area contributed by atoms with Gasteiger partial charge in [0.05, 0.1) is 42.5 Å². The molecular weight excluding hydrogens is 653 g/mol. The Morgan fingerprint density at radius 2 is 1.80 bits per heavy atom. The van der Waals surface area contributed by atoms with Crippen LogP contribution in [0.5, 0.6) is 5.75 Å². The number of alkyl halides is 3. The first kappa shape index (κ1) is 38.4. The maximum absolute atomic E-state index is 14.3. The van der Waals surface area contributed by atoms with Crippen molar-refractivity contribution in [3.63, 3.8) is 0 Å². The van der Waals surface area contributed by atoms with Gasteiger partial charge in [0.15, 0.2) is 0 Å². The Morgan fingerprint density at radius 1 is 1.06 bits per heavy atom. The van der Waals surface area contributed by atoms with Gasteiger partial charge in [-0.1, -0.05) is 43.3 Å². The topological polar surface area (TPSA) is 120 Å². The Kier molecular flexibility index (Phi) is 13.5. The lowest BCUT2D eigenvalue weighted by molar-refractivity contribution is -0.142. The molecule has 1 aliphatic rings. The van der Waals surface area contributed by atoms with Gasteiger partial charge in [0.25, 0.3) is 5.91 Å². The van der Waals surface area contributed by atoms with E-state index < -0.39 is 43.0 Å². The van der Waals surface area contributed by atoms with Crippen molar-refractivity contribution in [3.05, 3.63) is 66.2 Å². The van der Waals surface area contributed by atoms with Crippen molar-refractivity contribution in [3.8, 4) is 5.75 Å². The van der Waals surface area contributed by atoms with E-state index >= 15 is 0 Å². The maximum Gasteiger partial charge on any atom is 0.389 e. The number of hydrogen-bond acceptors (Lipinski definition) is 6. The Hall–Kier alpha value is -4.36. The van der Waals surface area contributed by atoms with Gasteiger partial charge < -0.3 is 35.0 Å². The van der Waals surface area contributed by atoms with Crippen LogP contribution in [0.1, 0.15) is 63.2 Å². The summed E-state index contributed by atoms with van der Waals surface area (Å²) < 4.78 is 50.6. The van der Waals surface area contributed by atoms with Crippen LogP contribution in [0.2, 0.25) is 0 Å². The monoisotopic (exact) mass is 700 g/mol. The molecule has 4 rings (SSSR count). The zero-order valence-electron chi connectivity index (χ0n) is 29.0. The molecule has 4 amide bonds. The molecule has 1 aliphatic heterocycles. The van der Waals surface area contributed by atoms with Crippen LogP contribution in [0.15, 0.2) is 60.7 Å². The summed E-state index contributed by atoms with van der Waals surface area (Å²) in [4.78, 5) is 43.0. The summed E-state index contributed by atoms with van der Waals surface area (Å²) in [7, 11) is 1.68. The molecule has 0 saturated heterocycles. The van der Waals surface area contributed by atoms with E-state index in [9.17, 15) is 32.7 Å². The van der Waals surface area contributed by atoms with Crippen molar-refractivity contribution < 1.29 is 42.1 Å². The minimum atomic E-state index is -4.48. The van der Waals surface area contributed by atoms with Crippen molar-refractivity contribution in [2.24, 2.45) is 5.92 Å². The minimum absolute atomic E-state index is 0.0964. The molecule has 0 saturated carbocycles. The molecule has 50 heavy (non-hydrogen) atoms. The summed E-state index contributed by atoms with van der Waals surface area (Å²) in [5.41, 5.74) is 0.921. The number of anilines is 2. The zero-order chi connectivity index (χ0) is 36.4. The van der Waals surface area contributed by atoms with Gasteiger partial charge in [0.2, 0.25) is 5.91 Å². The Bertz CT molecular complexity index is 1610. The van der Waals surface area contributed by atoms with Crippen molar-refractivity contribution >= 4 is 40.0 Å². The molecular formula is C37H47F3N4O6. The highest BCUT2D eigenvalue weighted by Gasteiger charge is 2.32. The number of nitrogens with zero attached hydrogens (tertiary/aromatic N) is 2. The van der Waals surface area contributed by atoms with Crippen LogP contribution in [0, 0.1) is 5.92 Å². The average Bonchev–Trinajstić information content (AvgIpc) is 3.08. The maximum atomic E-state index is 14.3. The van der Waals surface area contributed by atoms with Crippen LogP contribution < -0.4 is 15.4 Å². The lowest BCUT2D eigenvalue weighted by Crippen LogP contribution is -2.48. The van der Waals surface area contributed by atoms with Gasteiger partial charge in [-0.2, -0.15) is 13.2 Å². The first-order valence-corrected chi connectivity index (χ1v) is 17.0. The molecule has 0 aliphatic carbocycles. The van der Waals surface area contributed by atoms with Crippen molar-refractivity contribution in [1.82, 2.24) is 9.80 Å². The number of rotatable bonds is 8. The van der Waals surface area contributed by atoms with Crippen LogP contribution in [-0.2, 0) is 9.53 Å². The number of likely N-dealkylation sites (N-methyl/N-ethyl adjacent to an activating group) is 1. The predicted octanol–water partition coefficient (Wildman–Crippen LogP) is 7.08. The van der Waals surface area contributed by atoms with Crippen LogP contribution in [0.4, 0.5) is 29.3 Å². The predicted molar refractivity (Wildman–Crippen MR) is 186 cm³/mol. The highest BCUT2D eigenvalue weighted by molar-refractivity contribution is 6.02. The number of amides is 4. The highest BCUT2D eigenvalue weighted by Crippen LogP contribution is 2.29. The number of carbonyl (C=O) groups excluding carboxylic acids is 3. The molecule has 13 heteroatoms. The normalized spacial score (nSPS) is 19.9. The van der Waals surface area contributed by atoms with Gasteiger partial charge in [-0.25, -0.2) is 4.79 Å². The number of carbonyl (C=O) groups is 3. The first-order chi connectivity index (χ1) is 23.8. The third-order valence-corrected chi connectivity index (χ3v) is 8.80. The molecule has 3 aromatic rings. The average molecular weight is 701 g/mol. The summed E-state index contributed by atoms with van der Waals surface area (Å²) in [6.45, 7) is 5.91. The third-order valence-electron chi connectivity index (χ3n) is 8.80. The summed E-state index contributed by atoms with van der Waals surface area (Å²) in [6, 6.07) is 16.9. The lowest BCUT2D eigenvalue weighted by Gasteiger charge is -2.35. The molecule has 1 heterocycles. The summed E-state index contributed by atoms with van der Waals surface area (Å²) in [5, 5.41) is 17.5. The Balaban J connectivity index is 1.57. The molecule has 272 valence electrons. The molecule has 10 nitrogen and oxygen atoms in total. The number of benzene rings is 3. The number of urea groups is 1. The molecule has 0 fully saturated rings. The molecule has 0 radical (unpaired) electrons. The van der Waals surface area contributed by atoms with E-state index in [0.717, 1.165) is 23.6 Å². The van der Waals surface area contributed by atoms with Crippen LogP contribution >= 0.6 is 0 Å². The standard InChI is InChI=1S/C37H47F3N4O6/c1-24-21-44(25(2)23-45)35(47)30-20-28(41-34(46)17-18-37(38,39)40)15-16-32(30)50-26(3)10-7-8-19-49-33(24)22-43(4)36(48)42-31-14-9-12-27-11-5-6-13-29(27)31/h5-6,9,11-16,20,24-26,33,45H,7-8,10,17-19,21-23H2,1-4H3,(H,41,46)(H,42,48)/t24-,25+,26-,33-/m0/s1. The van der Waals surface area contributed by atoms with Gasteiger partial charge in [0.1, 0.15) is 5.75 Å². The second kappa shape index (κ2) is 17.5.